The van der Waals surface area contributed by atoms with Gasteiger partial charge in [0, 0.05) is 0 Å². The molecule has 0 aliphatic heterocycles. The highest BCUT2D eigenvalue weighted by atomic mass is 127. The van der Waals surface area contributed by atoms with Crippen LogP contribution in [0.3, 0.4) is 0 Å². The van der Waals surface area contributed by atoms with Gasteiger partial charge in [0.15, 0.2) is 6.61 Å². The van der Waals surface area contributed by atoms with Gasteiger partial charge in [-0.1, -0.05) is 0 Å². The lowest BCUT2D eigenvalue weighted by Crippen LogP contribution is -2.58. The monoisotopic (exact) mass is 580 g/mol. The molecule has 0 saturated carbocycles. The summed E-state index contributed by atoms with van der Waals surface area (Å²) in [6.45, 7) is -0.418. The molecule has 0 aliphatic carbocycles. The van der Waals surface area contributed by atoms with E-state index in [0.717, 1.165) is 7.11 Å². The fourth-order valence-electron chi connectivity index (χ4n) is 1.42. The Morgan fingerprint density at radius 2 is 1.85 bits per heavy atom. The van der Waals surface area contributed by atoms with Crippen LogP contribution in [0.25, 0.3) is 0 Å². The second kappa shape index (κ2) is 8.79. The van der Waals surface area contributed by atoms with Crippen LogP contribution in [0.2, 0.25) is 0 Å². The molecule has 5 nitrogen and oxygen atoms in total. The zero-order valence-corrected chi connectivity index (χ0v) is 16.8. The van der Waals surface area contributed by atoms with Crippen molar-refractivity contribution in [1.29, 1.82) is 0 Å². The molecule has 0 amide bonds. The Hall–Kier alpha value is -1.32. The van der Waals surface area contributed by atoms with E-state index in [2.05, 4.69) is 25.8 Å². The van der Waals surface area contributed by atoms with Crippen LogP contribution >= 0.6 is 38.5 Å². The summed E-state index contributed by atoms with van der Waals surface area (Å²) in [7, 11) is 1.15. The number of alkyl halides is 7. The Kier molecular flexibility index (Phi) is 7.72. The molecule has 0 bridgehead atoms. The average Bonchev–Trinajstić information content (AvgIpc) is 2.52. The molecule has 0 fully saturated rings. The van der Waals surface area contributed by atoms with E-state index in [1.165, 1.54) is 12.1 Å². The fourth-order valence-corrected chi connectivity index (χ4v) is 3.19. The molecule has 0 atom stereocenters. The molecule has 27 heavy (non-hydrogen) atoms. The first-order chi connectivity index (χ1) is 12.2. The van der Waals surface area contributed by atoms with Crippen molar-refractivity contribution < 1.29 is 45.0 Å². The van der Waals surface area contributed by atoms with E-state index in [1.54, 1.807) is 22.6 Å². The Morgan fingerprint density at radius 1 is 1.26 bits per heavy atom. The first-order valence-electron chi connectivity index (χ1n) is 6.54. The first kappa shape index (κ1) is 23.7. The van der Waals surface area contributed by atoms with Gasteiger partial charge in [-0.3, -0.25) is 0 Å². The molecule has 0 radical (unpaired) electrons. The molecule has 0 unspecified atom stereocenters. The standard InChI is InChI=1S/C13H9BrF7IN2O3/c1-26-9(25)5-27-10-7(14)2-6(3-8(10)22)4-23-24-13(20,21)11(15,16)12(17,18)19/h2-4,24H,5H2,1H3/b23-4+. The van der Waals surface area contributed by atoms with Crippen molar-refractivity contribution in [1.82, 2.24) is 5.43 Å². The van der Waals surface area contributed by atoms with Crippen molar-refractivity contribution in [3.63, 3.8) is 0 Å². The third-order valence-electron chi connectivity index (χ3n) is 2.75. The predicted octanol–water partition coefficient (Wildman–Crippen LogP) is 4.32. The number of nitrogens with zero attached hydrogens (tertiary/aromatic N) is 1. The number of methoxy groups -OCH3 is 1. The smallest absolute Gasteiger partial charge is 0.462 e. The van der Waals surface area contributed by atoms with E-state index in [0.29, 0.717) is 15.2 Å². The van der Waals surface area contributed by atoms with Gasteiger partial charge in [-0.2, -0.15) is 35.8 Å². The molecule has 1 rings (SSSR count). The van der Waals surface area contributed by atoms with Crippen LogP contribution in [0.1, 0.15) is 5.56 Å². The van der Waals surface area contributed by atoms with Crippen LogP contribution in [0.4, 0.5) is 30.7 Å². The molecule has 152 valence electrons. The van der Waals surface area contributed by atoms with Crippen molar-refractivity contribution >= 4 is 50.7 Å². The van der Waals surface area contributed by atoms with E-state index in [4.69, 9.17) is 4.74 Å². The van der Waals surface area contributed by atoms with Crippen molar-refractivity contribution in [3.05, 3.63) is 25.7 Å². The Labute approximate surface area is 169 Å². The number of hydrogen-bond donors (Lipinski definition) is 1. The third-order valence-corrected chi connectivity index (χ3v) is 4.14. The van der Waals surface area contributed by atoms with E-state index in [-0.39, 0.29) is 15.8 Å². The summed E-state index contributed by atoms with van der Waals surface area (Å²) >= 11 is 4.83. The van der Waals surface area contributed by atoms with E-state index in [9.17, 15) is 35.5 Å². The molecule has 0 aromatic heterocycles. The summed E-state index contributed by atoms with van der Waals surface area (Å²) in [6, 6.07) is -3.11. The van der Waals surface area contributed by atoms with Gasteiger partial charge in [0.1, 0.15) is 5.75 Å². The maximum absolute atomic E-state index is 13.1. The quantitative estimate of drug-likeness (QED) is 0.130. The Bertz CT molecular complexity index is 705. The number of halogens is 9. The summed E-state index contributed by atoms with van der Waals surface area (Å²) in [4.78, 5) is 11.1. The topological polar surface area (TPSA) is 59.9 Å². The largest absolute Gasteiger partial charge is 0.480 e. The van der Waals surface area contributed by atoms with Gasteiger partial charge in [-0.25, -0.2) is 10.2 Å². The molecular formula is C13H9BrF7IN2O3. The zero-order chi connectivity index (χ0) is 21.0. The number of hydrazone groups is 1. The highest BCUT2D eigenvalue weighted by Gasteiger charge is 2.73. The van der Waals surface area contributed by atoms with Crippen molar-refractivity contribution in [2.24, 2.45) is 5.10 Å². The number of carbonyl (C=O) groups excluding carboxylic acids is 1. The number of hydrogen-bond acceptors (Lipinski definition) is 5. The highest BCUT2D eigenvalue weighted by molar-refractivity contribution is 14.1. The maximum Gasteiger partial charge on any atom is 0.462 e. The first-order valence-corrected chi connectivity index (χ1v) is 8.41. The van der Waals surface area contributed by atoms with Gasteiger partial charge in [0.05, 0.1) is 21.4 Å². The van der Waals surface area contributed by atoms with Crippen molar-refractivity contribution in [3.8, 4) is 5.75 Å². The molecule has 14 heteroatoms. The van der Waals surface area contributed by atoms with Gasteiger partial charge >= 0.3 is 24.1 Å². The van der Waals surface area contributed by atoms with Crippen LogP contribution in [-0.2, 0) is 9.53 Å². The summed E-state index contributed by atoms with van der Waals surface area (Å²) in [5.74, 6) is -6.79. The second-order valence-corrected chi connectivity index (χ2v) is 6.71. The highest BCUT2D eigenvalue weighted by Crippen LogP contribution is 2.45. The molecule has 1 aromatic carbocycles. The lowest BCUT2D eigenvalue weighted by atomic mass is 10.2. The van der Waals surface area contributed by atoms with Gasteiger partial charge in [0.2, 0.25) is 0 Å². The van der Waals surface area contributed by atoms with Gasteiger partial charge in [0.25, 0.3) is 0 Å². The molecule has 0 aliphatic rings. The zero-order valence-electron chi connectivity index (χ0n) is 13.0. The number of benzene rings is 1. The van der Waals surface area contributed by atoms with Gasteiger partial charge in [-0.05, 0) is 56.2 Å². The minimum atomic E-state index is -6.46. The van der Waals surface area contributed by atoms with Crippen molar-refractivity contribution in [2.75, 3.05) is 13.7 Å². The lowest BCUT2D eigenvalue weighted by Gasteiger charge is -2.27. The summed E-state index contributed by atoms with van der Waals surface area (Å²) in [5.41, 5.74) is 0.577. The van der Waals surface area contributed by atoms with E-state index >= 15 is 0 Å². The maximum atomic E-state index is 13.1. The van der Waals surface area contributed by atoms with Gasteiger partial charge < -0.3 is 9.47 Å². The Morgan fingerprint density at radius 3 is 2.33 bits per heavy atom. The number of carbonyl (C=O) groups is 1. The summed E-state index contributed by atoms with van der Waals surface area (Å²) in [6.07, 6.45) is -5.85. The lowest BCUT2D eigenvalue weighted by molar-refractivity contribution is -0.361. The number of esters is 1. The number of rotatable bonds is 7. The summed E-state index contributed by atoms with van der Waals surface area (Å²) in [5, 5.41) is 2.75. The molecule has 0 spiro atoms. The molecule has 0 saturated heterocycles. The minimum Gasteiger partial charge on any atom is -0.480 e. The Balaban J connectivity index is 2.92. The normalized spacial score (nSPS) is 13.0. The predicted molar refractivity (Wildman–Crippen MR) is 91.0 cm³/mol. The molecule has 1 aromatic rings. The van der Waals surface area contributed by atoms with Crippen molar-refractivity contribution in [2.45, 2.75) is 18.1 Å². The van der Waals surface area contributed by atoms with Gasteiger partial charge in [-0.15, -0.1) is 0 Å². The van der Waals surface area contributed by atoms with Crippen LogP contribution in [-0.4, -0.2) is 44.0 Å². The third kappa shape index (κ3) is 5.83. The van der Waals surface area contributed by atoms with Crippen LogP contribution in [0.5, 0.6) is 5.75 Å². The van der Waals surface area contributed by atoms with E-state index in [1.807, 2.05) is 0 Å². The summed E-state index contributed by atoms with van der Waals surface area (Å²) < 4.78 is 97.8. The van der Waals surface area contributed by atoms with Crippen LogP contribution in [0, 0.1) is 3.57 Å². The average molecular weight is 581 g/mol. The molecule has 1 N–H and O–H groups in total. The second-order valence-electron chi connectivity index (χ2n) is 4.70. The van der Waals surface area contributed by atoms with E-state index < -0.39 is 30.7 Å². The molecular weight excluding hydrogens is 572 g/mol. The number of nitrogens with one attached hydrogen (secondary N) is 1. The SMILES string of the molecule is COC(=O)COc1c(Br)cc(/C=N/NC(F)(F)C(F)(F)C(F)(F)F)cc1I. The molecule has 0 heterocycles. The van der Waals surface area contributed by atoms with Crippen LogP contribution in [0.15, 0.2) is 21.7 Å². The van der Waals surface area contributed by atoms with Crippen LogP contribution < -0.4 is 10.2 Å². The fraction of sp³-hybridized carbons (Fsp3) is 0.385. The number of ether oxygens (including phenoxy) is 2. The minimum absolute atomic E-state index is 0.0651.